The van der Waals surface area contributed by atoms with Crippen LogP contribution in [0.5, 0.6) is 5.75 Å². The van der Waals surface area contributed by atoms with E-state index < -0.39 is 0 Å². The molecule has 124 valence electrons. The largest absolute Gasteiger partial charge is 0.491 e. The van der Waals surface area contributed by atoms with E-state index in [1.165, 1.54) is 0 Å². The van der Waals surface area contributed by atoms with E-state index >= 15 is 0 Å². The molecule has 0 saturated heterocycles. The van der Waals surface area contributed by atoms with Gasteiger partial charge in [0.25, 0.3) is 5.91 Å². The lowest BCUT2D eigenvalue weighted by Gasteiger charge is -2.21. The number of hydrogen-bond acceptors (Lipinski definition) is 4. The van der Waals surface area contributed by atoms with Crippen LogP contribution in [0.3, 0.4) is 0 Å². The number of hydrogen-bond donors (Lipinski definition) is 2. The summed E-state index contributed by atoms with van der Waals surface area (Å²) in [7, 11) is 0. The molecule has 1 amide bonds. The van der Waals surface area contributed by atoms with Crippen molar-refractivity contribution in [1.29, 1.82) is 0 Å². The van der Waals surface area contributed by atoms with Crippen molar-refractivity contribution in [1.82, 2.24) is 14.9 Å². The summed E-state index contributed by atoms with van der Waals surface area (Å²) in [5, 5.41) is 9.23. The molecule has 6 nitrogen and oxygen atoms in total. The SMILES string of the molecule is Cc1[nH]cnc1CN(CCO)C(=O)c1ccc(OC(C)C)cc1. The van der Waals surface area contributed by atoms with E-state index in [1.807, 2.05) is 20.8 Å². The highest BCUT2D eigenvalue weighted by molar-refractivity contribution is 5.94. The van der Waals surface area contributed by atoms with Crippen LogP contribution in [0.2, 0.25) is 0 Å². The summed E-state index contributed by atoms with van der Waals surface area (Å²) in [6.45, 7) is 6.34. The van der Waals surface area contributed by atoms with E-state index in [9.17, 15) is 9.90 Å². The fourth-order valence-corrected chi connectivity index (χ4v) is 2.23. The predicted octanol–water partition coefficient (Wildman–Crippen LogP) is 2.14. The minimum absolute atomic E-state index is 0.0880. The summed E-state index contributed by atoms with van der Waals surface area (Å²) in [4.78, 5) is 21.4. The minimum atomic E-state index is -0.141. The molecule has 0 aliphatic carbocycles. The smallest absolute Gasteiger partial charge is 0.254 e. The molecular formula is C17H23N3O3. The number of aromatic amines is 1. The highest BCUT2D eigenvalue weighted by atomic mass is 16.5. The molecule has 0 atom stereocenters. The number of aliphatic hydroxyl groups excluding tert-OH is 1. The highest BCUT2D eigenvalue weighted by Crippen LogP contribution is 2.16. The van der Waals surface area contributed by atoms with E-state index in [4.69, 9.17) is 4.74 Å². The van der Waals surface area contributed by atoms with E-state index in [0.29, 0.717) is 12.1 Å². The number of carbonyl (C=O) groups is 1. The van der Waals surface area contributed by atoms with Crippen LogP contribution in [-0.2, 0) is 6.54 Å². The summed E-state index contributed by atoms with van der Waals surface area (Å²) in [6.07, 6.45) is 1.69. The zero-order valence-electron chi connectivity index (χ0n) is 13.7. The number of H-pyrrole nitrogens is 1. The molecule has 1 aromatic heterocycles. The molecule has 0 radical (unpaired) electrons. The monoisotopic (exact) mass is 317 g/mol. The molecule has 1 aromatic carbocycles. The van der Waals surface area contributed by atoms with Gasteiger partial charge in [-0.3, -0.25) is 4.79 Å². The lowest BCUT2D eigenvalue weighted by Crippen LogP contribution is -2.33. The number of imidazole rings is 1. The lowest BCUT2D eigenvalue weighted by molar-refractivity contribution is 0.0705. The topological polar surface area (TPSA) is 78.5 Å². The quantitative estimate of drug-likeness (QED) is 0.820. The van der Waals surface area contributed by atoms with E-state index in [1.54, 1.807) is 35.5 Å². The number of nitrogens with zero attached hydrogens (tertiary/aromatic N) is 2. The summed E-state index contributed by atoms with van der Waals surface area (Å²) in [5.41, 5.74) is 2.27. The number of rotatable bonds is 7. The van der Waals surface area contributed by atoms with Crippen molar-refractivity contribution < 1.29 is 14.6 Å². The van der Waals surface area contributed by atoms with Crippen molar-refractivity contribution in [2.45, 2.75) is 33.4 Å². The molecule has 0 saturated carbocycles. The second-order valence-electron chi connectivity index (χ2n) is 5.62. The van der Waals surface area contributed by atoms with Gasteiger partial charge in [-0.1, -0.05) is 0 Å². The number of aryl methyl sites for hydroxylation is 1. The molecular weight excluding hydrogens is 294 g/mol. The second-order valence-corrected chi connectivity index (χ2v) is 5.62. The molecule has 0 aliphatic rings. The molecule has 23 heavy (non-hydrogen) atoms. The van der Waals surface area contributed by atoms with Crippen LogP contribution >= 0.6 is 0 Å². The van der Waals surface area contributed by atoms with Gasteiger partial charge in [-0.25, -0.2) is 4.98 Å². The van der Waals surface area contributed by atoms with Gasteiger partial charge >= 0.3 is 0 Å². The molecule has 6 heteroatoms. The Hall–Kier alpha value is -2.34. The zero-order valence-corrected chi connectivity index (χ0v) is 13.7. The normalized spacial score (nSPS) is 10.8. The molecule has 0 aliphatic heterocycles. The van der Waals surface area contributed by atoms with Gasteiger partial charge in [0, 0.05) is 17.8 Å². The Morgan fingerprint density at radius 1 is 1.35 bits per heavy atom. The first-order valence-electron chi connectivity index (χ1n) is 7.67. The van der Waals surface area contributed by atoms with Crippen molar-refractivity contribution in [3.63, 3.8) is 0 Å². The third kappa shape index (κ3) is 4.56. The predicted molar refractivity (Wildman–Crippen MR) is 87.4 cm³/mol. The van der Waals surface area contributed by atoms with Crippen molar-refractivity contribution in [2.24, 2.45) is 0 Å². The van der Waals surface area contributed by atoms with Gasteiger partial charge in [0.15, 0.2) is 0 Å². The molecule has 2 N–H and O–H groups in total. The molecule has 2 aromatic rings. The number of aromatic nitrogens is 2. The zero-order chi connectivity index (χ0) is 16.8. The molecule has 0 bridgehead atoms. The Labute approximate surface area is 136 Å². The highest BCUT2D eigenvalue weighted by Gasteiger charge is 2.17. The van der Waals surface area contributed by atoms with Gasteiger partial charge in [-0.2, -0.15) is 0 Å². The third-order valence-corrected chi connectivity index (χ3v) is 3.41. The number of nitrogens with one attached hydrogen (secondary N) is 1. The van der Waals surface area contributed by atoms with E-state index in [0.717, 1.165) is 17.1 Å². The summed E-state index contributed by atoms with van der Waals surface area (Å²) in [5.74, 6) is 0.589. The first kappa shape index (κ1) is 17.0. The number of aliphatic hydroxyl groups is 1. The minimum Gasteiger partial charge on any atom is -0.491 e. The Bertz CT molecular complexity index is 635. The summed E-state index contributed by atoms with van der Waals surface area (Å²) in [6, 6.07) is 7.04. The maximum absolute atomic E-state index is 12.6. The van der Waals surface area contributed by atoms with Gasteiger partial charge < -0.3 is 19.7 Å². The Kier molecular flexibility index (Phi) is 5.76. The maximum Gasteiger partial charge on any atom is 0.254 e. The van der Waals surface area contributed by atoms with Gasteiger partial charge in [0.1, 0.15) is 5.75 Å². The number of carbonyl (C=O) groups excluding carboxylic acids is 1. The molecule has 0 unspecified atom stereocenters. The van der Waals surface area contributed by atoms with E-state index in [2.05, 4.69) is 9.97 Å². The van der Waals surface area contributed by atoms with Gasteiger partial charge in [0.2, 0.25) is 0 Å². The van der Waals surface area contributed by atoms with Crippen LogP contribution in [0, 0.1) is 6.92 Å². The molecule has 0 fully saturated rings. The first-order chi connectivity index (χ1) is 11.0. The van der Waals surface area contributed by atoms with Crippen molar-refractivity contribution in [2.75, 3.05) is 13.2 Å². The van der Waals surface area contributed by atoms with Gasteiger partial charge in [-0.15, -0.1) is 0 Å². The molecule has 1 heterocycles. The van der Waals surface area contributed by atoms with Crippen LogP contribution in [0.4, 0.5) is 0 Å². The Morgan fingerprint density at radius 3 is 2.57 bits per heavy atom. The maximum atomic E-state index is 12.6. The number of benzene rings is 1. The van der Waals surface area contributed by atoms with Crippen molar-refractivity contribution in [3.8, 4) is 5.75 Å². The fourth-order valence-electron chi connectivity index (χ4n) is 2.23. The standard InChI is InChI=1S/C17H23N3O3/c1-12(2)23-15-6-4-14(5-7-15)17(22)20(8-9-21)10-16-13(3)18-11-19-16/h4-7,11-12,21H,8-10H2,1-3H3,(H,18,19). The van der Waals surface area contributed by atoms with Gasteiger partial charge in [-0.05, 0) is 45.0 Å². The van der Waals surface area contributed by atoms with Crippen LogP contribution in [0.25, 0.3) is 0 Å². The average Bonchev–Trinajstić information content (AvgIpc) is 2.91. The Morgan fingerprint density at radius 2 is 2.04 bits per heavy atom. The van der Waals surface area contributed by atoms with Crippen LogP contribution < -0.4 is 4.74 Å². The number of ether oxygens (including phenoxy) is 1. The summed E-state index contributed by atoms with van der Waals surface area (Å²) >= 11 is 0. The first-order valence-corrected chi connectivity index (χ1v) is 7.67. The van der Waals surface area contributed by atoms with Crippen LogP contribution in [0.1, 0.15) is 35.6 Å². The lowest BCUT2D eigenvalue weighted by atomic mass is 10.1. The van der Waals surface area contributed by atoms with Crippen LogP contribution in [0.15, 0.2) is 30.6 Å². The average molecular weight is 317 g/mol. The van der Waals surface area contributed by atoms with Gasteiger partial charge in [0.05, 0.1) is 31.3 Å². The van der Waals surface area contributed by atoms with E-state index in [-0.39, 0.29) is 25.2 Å². The second kappa shape index (κ2) is 7.78. The third-order valence-electron chi connectivity index (χ3n) is 3.41. The fraction of sp³-hybridized carbons (Fsp3) is 0.412. The van der Waals surface area contributed by atoms with Crippen molar-refractivity contribution in [3.05, 3.63) is 47.5 Å². The number of amides is 1. The van der Waals surface area contributed by atoms with Crippen LogP contribution in [-0.4, -0.2) is 45.1 Å². The molecule has 0 spiro atoms. The Balaban J connectivity index is 2.12. The molecule has 2 rings (SSSR count). The van der Waals surface area contributed by atoms with Crippen molar-refractivity contribution >= 4 is 5.91 Å². The summed E-state index contributed by atoms with van der Waals surface area (Å²) < 4.78 is 5.58.